The molecule has 4 heteroatoms. The van der Waals surface area contributed by atoms with E-state index < -0.39 is 0 Å². The molecule has 0 fully saturated rings. The number of aromatic nitrogens is 1. The van der Waals surface area contributed by atoms with Crippen LogP contribution in [0.4, 0.5) is 4.39 Å². The van der Waals surface area contributed by atoms with Crippen molar-refractivity contribution in [3.63, 3.8) is 0 Å². The van der Waals surface area contributed by atoms with Crippen molar-refractivity contribution in [1.82, 2.24) is 4.57 Å². The van der Waals surface area contributed by atoms with Crippen molar-refractivity contribution in [3.05, 3.63) is 58.6 Å². The second kappa shape index (κ2) is 4.38. The van der Waals surface area contributed by atoms with Gasteiger partial charge in [0, 0.05) is 16.8 Å². The monoisotopic (exact) mass is 234 g/mol. The van der Waals surface area contributed by atoms with Crippen LogP contribution < -0.4 is 0 Å². The summed E-state index contributed by atoms with van der Waals surface area (Å²) in [4.78, 5) is 0. The van der Waals surface area contributed by atoms with Crippen LogP contribution in [0.5, 0.6) is 0 Å². The lowest BCUT2D eigenvalue weighted by molar-refractivity contribution is 0.599. The first-order valence-electron chi connectivity index (χ1n) is 4.70. The Kier molecular flexibility index (Phi) is 2.93. The second-order valence-electron chi connectivity index (χ2n) is 3.37. The number of hydrogen-bond acceptors (Lipinski definition) is 1. The predicted octanol–water partition coefficient (Wildman–Crippen LogP) is 3.20. The van der Waals surface area contributed by atoms with Crippen LogP contribution in [0.3, 0.4) is 0 Å². The van der Waals surface area contributed by atoms with Gasteiger partial charge in [0.25, 0.3) is 0 Å². The van der Waals surface area contributed by atoms with Gasteiger partial charge in [-0.15, -0.1) is 0 Å². The molecule has 0 bridgehead atoms. The maximum atomic E-state index is 13.4. The molecular formula is C12H8ClFN2. The SMILES string of the molecule is N#Cc1cccn1Cc1cc(Cl)ccc1F. The fourth-order valence-electron chi connectivity index (χ4n) is 1.50. The van der Waals surface area contributed by atoms with Crippen LogP contribution in [-0.4, -0.2) is 4.57 Å². The summed E-state index contributed by atoms with van der Waals surface area (Å²) in [5, 5.41) is 9.31. The smallest absolute Gasteiger partial charge is 0.128 e. The Labute approximate surface area is 97.5 Å². The van der Waals surface area contributed by atoms with Crippen molar-refractivity contribution in [2.24, 2.45) is 0 Å². The van der Waals surface area contributed by atoms with E-state index in [2.05, 4.69) is 0 Å². The Morgan fingerprint density at radius 1 is 1.38 bits per heavy atom. The van der Waals surface area contributed by atoms with E-state index in [0.717, 1.165) is 0 Å². The van der Waals surface area contributed by atoms with Crippen LogP contribution in [-0.2, 0) is 6.54 Å². The molecule has 0 aliphatic carbocycles. The average molecular weight is 235 g/mol. The highest BCUT2D eigenvalue weighted by atomic mass is 35.5. The number of rotatable bonds is 2. The molecule has 16 heavy (non-hydrogen) atoms. The van der Waals surface area contributed by atoms with Gasteiger partial charge in [0.1, 0.15) is 17.6 Å². The summed E-state index contributed by atoms with van der Waals surface area (Å²) in [5.41, 5.74) is 0.972. The topological polar surface area (TPSA) is 28.7 Å². The fourth-order valence-corrected chi connectivity index (χ4v) is 1.70. The summed E-state index contributed by atoms with van der Waals surface area (Å²) in [7, 11) is 0. The Morgan fingerprint density at radius 3 is 2.94 bits per heavy atom. The number of benzene rings is 1. The van der Waals surface area contributed by atoms with E-state index in [9.17, 15) is 4.39 Å². The van der Waals surface area contributed by atoms with Gasteiger partial charge >= 0.3 is 0 Å². The fraction of sp³-hybridized carbons (Fsp3) is 0.0833. The molecule has 2 nitrogen and oxygen atoms in total. The Morgan fingerprint density at radius 2 is 2.19 bits per heavy atom. The van der Waals surface area contributed by atoms with Crippen LogP contribution in [0, 0.1) is 17.1 Å². The largest absolute Gasteiger partial charge is 0.335 e. The van der Waals surface area contributed by atoms with E-state index in [0.29, 0.717) is 22.8 Å². The van der Waals surface area contributed by atoms with Gasteiger partial charge in [0.15, 0.2) is 0 Å². The molecule has 1 aromatic carbocycles. The molecular weight excluding hydrogens is 227 g/mol. The van der Waals surface area contributed by atoms with E-state index in [1.165, 1.54) is 12.1 Å². The van der Waals surface area contributed by atoms with Crippen molar-refractivity contribution in [2.75, 3.05) is 0 Å². The average Bonchev–Trinajstić information content (AvgIpc) is 2.71. The first-order valence-corrected chi connectivity index (χ1v) is 5.07. The van der Waals surface area contributed by atoms with E-state index in [4.69, 9.17) is 16.9 Å². The zero-order chi connectivity index (χ0) is 11.5. The number of hydrogen-bond donors (Lipinski definition) is 0. The zero-order valence-electron chi connectivity index (χ0n) is 8.32. The molecule has 80 valence electrons. The summed E-state index contributed by atoms with van der Waals surface area (Å²) >= 11 is 5.79. The Hall–Kier alpha value is -1.79. The third kappa shape index (κ3) is 2.07. The number of nitriles is 1. The summed E-state index contributed by atoms with van der Waals surface area (Å²) in [6.45, 7) is 0.308. The lowest BCUT2D eigenvalue weighted by Gasteiger charge is -2.06. The highest BCUT2D eigenvalue weighted by molar-refractivity contribution is 6.30. The summed E-state index contributed by atoms with van der Waals surface area (Å²) in [6, 6.07) is 9.87. The van der Waals surface area contributed by atoms with Gasteiger partial charge in [-0.05, 0) is 30.3 Å². The molecule has 0 saturated carbocycles. The maximum absolute atomic E-state index is 13.4. The molecule has 0 radical (unpaired) electrons. The van der Waals surface area contributed by atoms with Gasteiger partial charge in [0.2, 0.25) is 0 Å². The minimum absolute atomic E-state index is 0.308. The number of halogens is 2. The van der Waals surface area contributed by atoms with Crippen molar-refractivity contribution < 1.29 is 4.39 Å². The highest BCUT2D eigenvalue weighted by Crippen LogP contribution is 2.16. The zero-order valence-corrected chi connectivity index (χ0v) is 9.08. The van der Waals surface area contributed by atoms with E-state index in [-0.39, 0.29) is 5.82 Å². The molecule has 0 aliphatic rings. The molecule has 0 unspecified atom stereocenters. The predicted molar refractivity (Wildman–Crippen MR) is 59.7 cm³/mol. The van der Waals surface area contributed by atoms with Gasteiger partial charge in [-0.25, -0.2) is 4.39 Å². The molecule has 0 spiro atoms. The van der Waals surface area contributed by atoms with E-state index in [1.54, 1.807) is 29.0 Å². The molecule has 0 aliphatic heterocycles. The first-order chi connectivity index (χ1) is 7.70. The molecule has 2 rings (SSSR count). The van der Waals surface area contributed by atoms with Crippen LogP contribution in [0.1, 0.15) is 11.3 Å². The second-order valence-corrected chi connectivity index (χ2v) is 3.81. The minimum atomic E-state index is -0.318. The van der Waals surface area contributed by atoms with Crippen LogP contribution in [0.15, 0.2) is 36.5 Å². The Balaban J connectivity index is 2.34. The maximum Gasteiger partial charge on any atom is 0.128 e. The third-order valence-electron chi connectivity index (χ3n) is 2.29. The standard InChI is InChI=1S/C12H8ClFN2/c13-10-3-4-12(14)9(6-10)8-16-5-1-2-11(16)7-15/h1-6H,8H2. The van der Waals surface area contributed by atoms with E-state index in [1.807, 2.05) is 6.07 Å². The van der Waals surface area contributed by atoms with Gasteiger partial charge < -0.3 is 4.57 Å². The molecule has 1 aromatic heterocycles. The normalized spacial score (nSPS) is 10.1. The molecule has 0 N–H and O–H groups in total. The molecule has 0 saturated heterocycles. The lowest BCUT2D eigenvalue weighted by atomic mass is 10.2. The summed E-state index contributed by atoms with van der Waals surface area (Å²) in [6.07, 6.45) is 1.74. The lowest BCUT2D eigenvalue weighted by Crippen LogP contribution is -2.02. The van der Waals surface area contributed by atoms with Crippen LogP contribution in [0.2, 0.25) is 5.02 Å². The first kappa shape index (κ1) is 10.7. The molecule has 0 atom stereocenters. The van der Waals surface area contributed by atoms with Crippen molar-refractivity contribution in [3.8, 4) is 6.07 Å². The highest BCUT2D eigenvalue weighted by Gasteiger charge is 2.06. The van der Waals surface area contributed by atoms with Crippen molar-refractivity contribution in [1.29, 1.82) is 5.26 Å². The number of nitrogens with zero attached hydrogens (tertiary/aromatic N) is 2. The van der Waals surface area contributed by atoms with Crippen LogP contribution in [0.25, 0.3) is 0 Å². The summed E-state index contributed by atoms with van der Waals surface area (Å²) in [5.74, 6) is -0.318. The molecule has 2 aromatic rings. The van der Waals surface area contributed by atoms with Gasteiger partial charge in [-0.2, -0.15) is 5.26 Å². The van der Waals surface area contributed by atoms with Gasteiger partial charge in [0.05, 0.1) is 6.54 Å². The van der Waals surface area contributed by atoms with E-state index >= 15 is 0 Å². The van der Waals surface area contributed by atoms with Crippen molar-refractivity contribution >= 4 is 11.6 Å². The molecule has 1 heterocycles. The Bertz CT molecular complexity index is 554. The minimum Gasteiger partial charge on any atom is -0.335 e. The quantitative estimate of drug-likeness (QED) is 0.785. The summed E-state index contributed by atoms with van der Waals surface area (Å²) < 4.78 is 15.1. The molecule has 0 amide bonds. The van der Waals surface area contributed by atoms with Crippen LogP contribution >= 0.6 is 11.6 Å². The van der Waals surface area contributed by atoms with Crippen molar-refractivity contribution in [2.45, 2.75) is 6.54 Å². The van der Waals surface area contributed by atoms with Gasteiger partial charge in [-0.1, -0.05) is 11.6 Å². The third-order valence-corrected chi connectivity index (χ3v) is 2.53. The van der Waals surface area contributed by atoms with Gasteiger partial charge in [-0.3, -0.25) is 0 Å².